The molecule has 0 saturated carbocycles. The van der Waals surface area contributed by atoms with Gasteiger partial charge in [-0.15, -0.1) is 0 Å². The Labute approximate surface area is 193 Å². The number of nitrogens with zero attached hydrogens (tertiary/aromatic N) is 4. The van der Waals surface area contributed by atoms with Crippen LogP contribution < -0.4 is 0 Å². The topological polar surface area (TPSA) is 51.0 Å². The Morgan fingerprint density at radius 3 is 1.97 bits per heavy atom. The minimum absolute atomic E-state index is 0.231. The summed E-state index contributed by atoms with van der Waals surface area (Å²) in [6.45, 7) is 3.61. The summed E-state index contributed by atoms with van der Waals surface area (Å²) in [5, 5.41) is 0. The fraction of sp³-hybridized carbons (Fsp3) is 0.222. The number of likely N-dealkylation sites (tertiary alicyclic amines) is 1. The minimum atomic E-state index is -0.238. The molecule has 1 amide bonds. The maximum absolute atomic E-state index is 13.3. The van der Waals surface area contributed by atoms with Gasteiger partial charge in [0.2, 0.25) is 5.91 Å². The van der Waals surface area contributed by atoms with Crippen LogP contribution in [0.25, 0.3) is 28.1 Å². The van der Waals surface area contributed by atoms with Gasteiger partial charge in [-0.05, 0) is 67.3 Å². The van der Waals surface area contributed by atoms with Gasteiger partial charge in [0.05, 0.1) is 5.69 Å². The molecule has 33 heavy (non-hydrogen) atoms. The quantitative estimate of drug-likeness (QED) is 0.405. The lowest BCUT2D eigenvalue weighted by Crippen LogP contribution is -2.33. The van der Waals surface area contributed by atoms with Crippen molar-refractivity contribution in [1.29, 1.82) is 0 Å². The van der Waals surface area contributed by atoms with Crippen molar-refractivity contribution in [3.63, 3.8) is 0 Å². The summed E-state index contributed by atoms with van der Waals surface area (Å²) in [5.41, 5.74) is 5.11. The van der Waals surface area contributed by atoms with E-state index >= 15 is 0 Å². The molecule has 0 radical (unpaired) electrons. The van der Waals surface area contributed by atoms with Crippen LogP contribution in [0.15, 0.2) is 85.6 Å². The van der Waals surface area contributed by atoms with Crippen molar-refractivity contribution in [3.8, 4) is 28.1 Å². The molecule has 0 unspecified atom stereocenters. The highest BCUT2D eigenvalue weighted by Crippen LogP contribution is 2.35. The van der Waals surface area contributed by atoms with E-state index in [-0.39, 0.29) is 11.7 Å². The van der Waals surface area contributed by atoms with Crippen molar-refractivity contribution in [2.75, 3.05) is 13.1 Å². The van der Waals surface area contributed by atoms with Gasteiger partial charge in [-0.25, -0.2) is 4.39 Å². The third-order valence-corrected chi connectivity index (χ3v) is 5.74. The molecule has 0 spiro atoms. The molecule has 4 aromatic rings. The second-order valence-corrected chi connectivity index (χ2v) is 7.96. The number of piperidine rings is 1. The van der Waals surface area contributed by atoms with E-state index < -0.39 is 0 Å². The van der Waals surface area contributed by atoms with Gasteiger partial charge in [-0.2, -0.15) is 0 Å². The molecule has 1 aliphatic rings. The van der Waals surface area contributed by atoms with Crippen molar-refractivity contribution in [2.45, 2.75) is 26.2 Å². The van der Waals surface area contributed by atoms with Gasteiger partial charge < -0.3 is 9.47 Å². The van der Waals surface area contributed by atoms with Crippen molar-refractivity contribution < 1.29 is 9.18 Å². The first kappa shape index (κ1) is 22.4. The molecule has 5 rings (SSSR count). The van der Waals surface area contributed by atoms with Gasteiger partial charge in [0.1, 0.15) is 5.82 Å². The van der Waals surface area contributed by atoms with E-state index in [9.17, 15) is 9.18 Å². The van der Waals surface area contributed by atoms with Crippen LogP contribution in [0.2, 0.25) is 0 Å². The molecule has 6 heteroatoms. The Balaban J connectivity index is 0.000000243. The average molecular weight is 443 g/mol. The van der Waals surface area contributed by atoms with E-state index in [0.717, 1.165) is 41.2 Å². The Morgan fingerprint density at radius 1 is 0.788 bits per heavy atom. The zero-order valence-corrected chi connectivity index (χ0v) is 18.7. The van der Waals surface area contributed by atoms with Gasteiger partial charge in [0.15, 0.2) is 0 Å². The normalized spacial score (nSPS) is 13.2. The lowest BCUT2D eigenvalue weighted by Gasteiger charge is -2.24. The smallest absolute Gasteiger partial charge is 0.219 e. The van der Waals surface area contributed by atoms with E-state index in [0.29, 0.717) is 0 Å². The van der Waals surface area contributed by atoms with Crippen LogP contribution in [0.3, 0.4) is 0 Å². The zero-order chi connectivity index (χ0) is 23.0. The third-order valence-electron chi connectivity index (χ3n) is 5.74. The average Bonchev–Trinajstić information content (AvgIpc) is 3.32. The number of aromatic nitrogens is 3. The number of carbonyl (C=O) groups excluding carboxylic acids is 1. The van der Waals surface area contributed by atoms with E-state index in [1.807, 2.05) is 41.4 Å². The van der Waals surface area contributed by atoms with Gasteiger partial charge in [-0.3, -0.25) is 14.8 Å². The number of hydrogen-bond donors (Lipinski definition) is 0. The number of amides is 1. The summed E-state index contributed by atoms with van der Waals surface area (Å²) in [6.07, 6.45) is 12.8. The Morgan fingerprint density at radius 2 is 1.39 bits per heavy atom. The van der Waals surface area contributed by atoms with Crippen molar-refractivity contribution in [3.05, 3.63) is 91.4 Å². The second kappa shape index (κ2) is 10.7. The van der Waals surface area contributed by atoms with Crippen LogP contribution in [0.4, 0.5) is 4.39 Å². The molecule has 1 aliphatic heterocycles. The SMILES string of the molecule is CC(=O)N1CCCCC1.Fc1ccc(-c2ccn(-c3ccncc3)c2-c2ccncc2)cc1. The monoisotopic (exact) mass is 442 g/mol. The summed E-state index contributed by atoms with van der Waals surface area (Å²) >= 11 is 0. The molecular weight excluding hydrogens is 415 g/mol. The number of pyridine rings is 2. The molecule has 4 heterocycles. The van der Waals surface area contributed by atoms with Crippen LogP contribution in [0, 0.1) is 5.82 Å². The first-order valence-corrected chi connectivity index (χ1v) is 11.2. The largest absolute Gasteiger partial charge is 0.343 e. The first-order valence-electron chi connectivity index (χ1n) is 11.2. The van der Waals surface area contributed by atoms with E-state index in [4.69, 9.17) is 0 Å². The molecule has 1 saturated heterocycles. The molecular formula is C27H27FN4O. The van der Waals surface area contributed by atoms with Crippen LogP contribution in [0.5, 0.6) is 0 Å². The third kappa shape index (κ3) is 5.52. The van der Waals surface area contributed by atoms with Crippen LogP contribution in [0.1, 0.15) is 26.2 Å². The standard InChI is InChI=1S/C20H14FN3.C7H13NO/c21-17-3-1-15(2-4-17)19-9-14-24(18-7-12-23-13-8-18)20(19)16-5-10-22-11-6-16;1-7(9)8-5-3-2-4-6-8/h1-14H;2-6H2,1H3. The molecule has 168 valence electrons. The van der Waals surface area contributed by atoms with Gasteiger partial charge in [0.25, 0.3) is 0 Å². The lowest BCUT2D eigenvalue weighted by atomic mass is 10.0. The number of benzene rings is 1. The Hall–Kier alpha value is -3.80. The van der Waals surface area contributed by atoms with Gasteiger partial charge >= 0.3 is 0 Å². The molecule has 1 fully saturated rings. The van der Waals surface area contributed by atoms with Crippen molar-refractivity contribution >= 4 is 5.91 Å². The highest BCUT2D eigenvalue weighted by atomic mass is 19.1. The highest BCUT2D eigenvalue weighted by molar-refractivity contribution is 5.83. The summed E-state index contributed by atoms with van der Waals surface area (Å²) in [7, 11) is 0. The molecule has 0 bridgehead atoms. The maximum Gasteiger partial charge on any atom is 0.219 e. The molecule has 5 nitrogen and oxygen atoms in total. The Bertz CT molecular complexity index is 1170. The fourth-order valence-electron chi connectivity index (χ4n) is 4.03. The number of rotatable bonds is 3. The predicted octanol–water partition coefficient (Wildman–Crippen LogP) is 5.76. The molecule has 0 atom stereocenters. The first-order chi connectivity index (χ1) is 16.1. The highest BCUT2D eigenvalue weighted by Gasteiger charge is 2.14. The maximum atomic E-state index is 13.3. The fourth-order valence-corrected chi connectivity index (χ4v) is 4.03. The van der Waals surface area contributed by atoms with Crippen LogP contribution in [-0.4, -0.2) is 38.4 Å². The summed E-state index contributed by atoms with van der Waals surface area (Å²) in [4.78, 5) is 20.8. The predicted molar refractivity (Wildman–Crippen MR) is 128 cm³/mol. The molecule has 0 N–H and O–H groups in total. The molecule has 1 aromatic carbocycles. The van der Waals surface area contributed by atoms with Crippen molar-refractivity contribution in [2.24, 2.45) is 0 Å². The summed E-state index contributed by atoms with van der Waals surface area (Å²) < 4.78 is 15.4. The zero-order valence-electron chi connectivity index (χ0n) is 18.7. The lowest BCUT2D eigenvalue weighted by molar-refractivity contribution is -0.129. The van der Waals surface area contributed by atoms with Crippen LogP contribution in [-0.2, 0) is 4.79 Å². The Kier molecular flexibility index (Phi) is 7.25. The summed E-state index contributed by atoms with van der Waals surface area (Å²) in [6, 6.07) is 16.5. The second-order valence-electron chi connectivity index (χ2n) is 7.96. The van der Waals surface area contributed by atoms with Crippen LogP contribution >= 0.6 is 0 Å². The van der Waals surface area contributed by atoms with E-state index in [1.54, 1.807) is 43.8 Å². The van der Waals surface area contributed by atoms with E-state index in [1.165, 1.54) is 31.4 Å². The molecule has 3 aromatic heterocycles. The number of halogens is 1. The van der Waals surface area contributed by atoms with Gasteiger partial charge in [0, 0.05) is 67.8 Å². The number of hydrogen-bond acceptors (Lipinski definition) is 3. The van der Waals surface area contributed by atoms with Gasteiger partial charge in [-0.1, -0.05) is 12.1 Å². The number of carbonyl (C=O) groups is 1. The molecule has 0 aliphatic carbocycles. The minimum Gasteiger partial charge on any atom is -0.343 e. The van der Waals surface area contributed by atoms with E-state index in [2.05, 4.69) is 14.5 Å². The summed E-state index contributed by atoms with van der Waals surface area (Å²) in [5.74, 6) is -0.00697. The van der Waals surface area contributed by atoms with Crippen molar-refractivity contribution in [1.82, 2.24) is 19.4 Å².